The van der Waals surface area contributed by atoms with Crippen LogP contribution in [0.3, 0.4) is 0 Å². The molecule has 70 valence electrons. The Morgan fingerprint density at radius 3 is 2.77 bits per heavy atom. The molecule has 0 aliphatic carbocycles. The van der Waals surface area contributed by atoms with Crippen LogP contribution in [0.1, 0.15) is 0 Å². The standard InChI is InChI=1S/C7H7NO3S2/c9-13(10,11)8-5-12-7-4-2-1-3-6(7)8/h1-4H,5H2,(H,9,10,11). The van der Waals surface area contributed by atoms with Gasteiger partial charge in [-0.15, -0.1) is 11.8 Å². The van der Waals surface area contributed by atoms with Gasteiger partial charge < -0.3 is 0 Å². The van der Waals surface area contributed by atoms with Crippen LogP contribution in [-0.2, 0) is 10.3 Å². The Labute approximate surface area is 80.4 Å². The smallest absolute Gasteiger partial charge is 0.269 e. The summed E-state index contributed by atoms with van der Waals surface area (Å²) in [7, 11) is -4.10. The Hall–Kier alpha value is -0.720. The lowest BCUT2D eigenvalue weighted by Crippen LogP contribution is -2.26. The number of para-hydroxylation sites is 1. The molecule has 0 amide bonds. The first kappa shape index (κ1) is 8.86. The molecule has 0 aromatic heterocycles. The lowest BCUT2D eigenvalue weighted by Gasteiger charge is -2.12. The maximum absolute atomic E-state index is 10.9. The van der Waals surface area contributed by atoms with Gasteiger partial charge in [0.15, 0.2) is 0 Å². The summed E-state index contributed by atoms with van der Waals surface area (Å²) in [5.74, 6) is 0.248. The van der Waals surface area contributed by atoms with E-state index in [-0.39, 0.29) is 5.88 Å². The van der Waals surface area contributed by atoms with E-state index in [9.17, 15) is 8.42 Å². The number of benzene rings is 1. The molecule has 0 saturated heterocycles. The van der Waals surface area contributed by atoms with Gasteiger partial charge in [-0.3, -0.25) is 4.55 Å². The molecule has 1 aliphatic rings. The van der Waals surface area contributed by atoms with Crippen LogP contribution in [0, 0.1) is 0 Å². The summed E-state index contributed by atoms with van der Waals surface area (Å²) < 4.78 is 31.6. The number of anilines is 1. The first-order valence-corrected chi connectivity index (χ1v) is 5.94. The second kappa shape index (κ2) is 2.90. The van der Waals surface area contributed by atoms with Crippen molar-refractivity contribution in [2.45, 2.75) is 4.90 Å². The highest BCUT2D eigenvalue weighted by Crippen LogP contribution is 2.39. The number of thioether (sulfide) groups is 1. The number of hydrogen-bond donors (Lipinski definition) is 1. The monoisotopic (exact) mass is 217 g/mol. The first-order valence-electron chi connectivity index (χ1n) is 3.56. The summed E-state index contributed by atoms with van der Waals surface area (Å²) in [4.78, 5) is 0.875. The topological polar surface area (TPSA) is 57.6 Å². The summed E-state index contributed by atoms with van der Waals surface area (Å²) in [6, 6.07) is 7.07. The molecule has 1 aliphatic heterocycles. The molecule has 0 unspecified atom stereocenters. The van der Waals surface area contributed by atoms with Gasteiger partial charge in [-0.2, -0.15) is 8.42 Å². The zero-order valence-electron chi connectivity index (χ0n) is 6.54. The van der Waals surface area contributed by atoms with Gasteiger partial charge in [0.2, 0.25) is 0 Å². The molecule has 1 N–H and O–H groups in total. The van der Waals surface area contributed by atoms with Crippen molar-refractivity contribution in [3.63, 3.8) is 0 Å². The van der Waals surface area contributed by atoms with Crippen LogP contribution >= 0.6 is 11.8 Å². The van der Waals surface area contributed by atoms with E-state index < -0.39 is 10.3 Å². The van der Waals surface area contributed by atoms with Crippen LogP contribution in [0.5, 0.6) is 0 Å². The van der Waals surface area contributed by atoms with Gasteiger partial charge in [0.25, 0.3) is 0 Å². The second-order valence-electron chi connectivity index (χ2n) is 2.57. The zero-order chi connectivity index (χ0) is 9.47. The molecule has 1 aromatic rings. The molecule has 0 radical (unpaired) electrons. The highest BCUT2D eigenvalue weighted by Gasteiger charge is 2.27. The molecule has 0 atom stereocenters. The number of nitrogens with zero attached hydrogens (tertiary/aromatic N) is 1. The van der Waals surface area contributed by atoms with E-state index in [1.165, 1.54) is 11.8 Å². The van der Waals surface area contributed by atoms with Crippen molar-refractivity contribution in [1.82, 2.24) is 0 Å². The Kier molecular flexibility index (Phi) is 1.98. The molecule has 6 heteroatoms. The molecular formula is C7H7NO3S2. The summed E-state index contributed by atoms with van der Waals surface area (Å²) >= 11 is 1.39. The van der Waals surface area contributed by atoms with Crippen LogP contribution in [0.4, 0.5) is 5.69 Å². The first-order chi connectivity index (χ1) is 6.09. The fourth-order valence-electron chi connectivity index (χ4n) is 1.17. The van der Waals surface area contributed by atoms with Gasteiger partial charge in [0.05, 0.1) is 11.6 Å². The van der Waals surface area contributed by atoms with Gasteiger partial charge >= 0.3 is 10.3 Å². The highest BCUT2D eigenvalue weighted by molar-refractivity contribution is 8.01. The highest BCUT2D eigenvalue weighted by atomic mass is 32.2. The normalized spacial score (nSPS) is 15.9. The van der Waals surface area contributed by atoms with E-state index >= 15 is 0 Å². The Balaban J connectivity index is 2.51. The summed E-state index contributed by atoms with van der Waals surface area (Å²) in [5.41, 5.74) is 0.551. The average Bonchev–Trinajstić information content (AvgIpc) is 2.45. The van der Waals surface area contributed by atoms with Crippen LogP contribution in [0.2, 0.25) is 0 Å². The Morgan fingerprint density at radius 1 is 1.38 bits per heavy atom. The van der Waals surface area contributed by atoms with E-state index in [4.69, 9.17) is 4.55 Å². The molecule has 0 fully saturated rings. The number of rotatable bonds is 1. The molecule has 0 bridgehead atoms. The Bertz CT molecular complexity index is 429. The van der Waals surface area contributed by atoms with Gasteiger partial charge in [-0.05, 0) is 12.1 Å². The quantitative estimate of drug-likeness (QED) is 0.721. The van der Waals surface area contributed by atoms with E-state index in [0.29, 0.717) is 5.69 Å². The average molecular weight is 217 g/mol. The molecule has 4 nitrogen and oxygen atoms in total. The number of hydrogen-bond acceptors (Lipinski definition) is 3. The van der Waals surface area contributed by atoms with Gasteiger partial charge in [0.1, 0.15) is 0 Å². The Morgan fingerprint density at radius 2 is 2.08 bits per heavy atom. The molecule has 0 saturated carbocycles. The van der Waals surface area contributed by atoms with Crippen molar-refractivity contribution in [2.24, 2.45) is 0 Å². The molecule has 1 heterocycles. The van der Waals surface area contributed by atoms with E-state index in [0.717, 1.165) is 9.20 Å². The summed E-state index contributed by atoms with van der Waals surface area (Å²) in [5, 5.41) is 0. The van der Waals surface area contributed by atoms with Crippen molar-refractivity contribution < 1.29 is 13.0 Å². The minimum absolute atomic E-state index is 0.248. The molecule has 0 spiro atoms. The maximum Gasteiger partial charge on any atom is 0.360 e. The van der Waals surface area contributed by atoms with Crippen molar-refractivity contribution in [2.75, 3.05) is 10.2 Å². The molecule has 1 aromatic carbocycles. The summed E-state index contributed by atoms with van der Waals surface area (Å²) in [6.45, 7) is 0. The molecule has 13 heavy (non-hydrogen) atoms. The third-order valence-electron chi connectivity index (χ3n) is 1.75. The van der Waals surface area contributed by atoms with Gasteiger partial charge in [-0.1, -0.05) is 12.1 Å². The third kappa shape index (κ3) is 1.52. The lowest BCUT2D eigenvalue weighted by atomic mass is 10.3. The minimum atomic E-state index is -4.10. The van der Waals surface area contributed by atoms with Gasteiger partial charge in [0, 0.05) is 4.90 Å². The van der Waals surface area contributed by atoms with Crippen molar-refractivity contribution in [1.29, 1.82) is 0 Å². The fraction of sp³-hybridized carbons (Fsp3) is 0.143. The van der Waals surface area contributed by atoms with Crippen LogP contribution in [0.25, 0.3) is 0 Å². The largest absolute Gasteiger partial charge is 0.360 e. The number of fused-ring (bicyclic) bond motifs is 1. The van der Waals surface area contributed by atoms with Crippen LogP contribution < -0.4 is 4.31 Å². The zero-order valence-corrected chi connectivity index (χ0v) is 8.18. The van der Waals surface area contributed by atoms with Gasteiger partial charge in [-0.25, -0.2) is 4.31 Å². The second-order valence-corrected chi connectivity index (χ2v) is 4.89. The third-order valence-corrected chi connectivity index (χ3v) is 3.84. The molecule has 2 rings (SSSR count). The molecular weight excluding hydrogens is 210 g/mol. The van der Waals surface area contributed by atoms with Crippen molar-refractivity contribution in [3.05, 3.63) is 24.3 Å². The SMILES string of the molecule is O=S(=O)(O)N1CSc2ccccc21. The maximum atomic E-state index is 10.9. The van der Waals surface area contributed by atoms with E-state index in [2.05, 4.69) is 0 Å². The fourth-order valence-corrected chi connectivity index (χ4v) is 3.23. The minimum Gasteiger partial charge on any atom is -0.269 e. The van der Waals surface area contributed by atoms with Crippen molar-refractivity contribution in [3.8, 4) is 0 Å². The van der Waals surface area contributed by atoms with Crippen molar-refractivity contribution >= 4 is 27.8 Å². The predicted molar refractivity (Wildman–Crippen MR) is 51.2 cm³/mol. The van der Waals surface area contributed by atoms with Crippen LogP contribution in [-0.4, -0.2) is 18.8 Å². The van der Waals surface area contributed by atoms with Crippen LogP contribution in [0.15, 0.2) is 29.2 Å². The summed E-state index contributed by atoms with van der Waals surface area (Å²) in [6.07, 6.45) is 0. The lowest BCUT2D eigenvalue weighted by molar-refractivity contribution is 0.481. The van der Waals surface area contributed by atoms with E-state index in [1.807, 2.05) is 12.1 Å². The predicted octanol–water partition coefficient (Wildman–Crippen LogP) is 1.36. The van der Waals surface area contributed by atoms with E-state index in [1.54, 1.807) is 12.1 Å².